The molecule has 0 bridgehead atoms. The average Bonchev–Trinajstić information content (AvgIpc) is 2.93. The molecule has 2 fully saturated rings. The van der Waals surface area contributed by atoms with Gasteiger partial charge in [-0.15, -0.1) is 11.8 Å². The maximum absolute atomic E-state index is 6.05. The number of likely N-dealkylation sites (tertiary alicyclic amines) is 1. The molecule has 22 heavy (non-hydrogen) atoms. The van der Waals surface area contributed by atoms with Crippen LogP contribution in [0.2, 0.25) is 0 Å². The molecule has 2 aromatic heterocycles. The molecule has 2 aliphatic rings. The lowest BCUT2D eigenvalue weighted by Crippen LogP contribution is -2.58. The van der Waals surface area contributed by atoms with Gasteiger partial charge in [-0.25, -0.2) is 0 Å². The summed E-state index contributed by atoms with van der Waals surface area (Å²) in [5.74, 6) is 1.96. The van der Waals surface area contributed by atoms with E-state index in [1.165, 1.54) is 5.56 Å². The van der Waals surface area contributed by atoms with Gasteiger partial charge in [0.2, 0.25) is 0 Å². The first-order valence-electron chi connectivity index (χ1n) is 7.63. The van der Waals surface area contributed by atoms with E-state index in [-0.39, 0.29) is 0 Å². The van der Waals surface area contributed by atoms with E-state index in [9.17, 15) is 0 Å². The monoisotopic (exact) mass is 313 g/mol. The van der Waals surface area contributed by atoms with Crippen molar-refractivity contribution in [2.45, 2.75) is 23.8 Å². The minimum absolute atomic E-state index is 0.315. The standard InChI is InChI=1S/C17H19N3OS/c1-3-14(8-18-5-1)10-20-12-17(13-20)7-16(11-22-17)21-15-4-2-6-19-9-15/h1-6,8-9,16H,7,10-13H2/t16-/m0/s1. The summed E-state index contributed by atoms with van der Waals surface area (Å²) < 4.78 is 6.45. The van der Waals surface area contributed by atoms with Crippen molar-refractivity contribution in [2.75, 3.05) is 18.8 Å². The maximum atomic E-state index is 6.05. The van der Waals surface area contributed by atoms with E-state index in [0.717, 1.165) is 37.6 Å². The number of pyridine rings is 2. The Morgan fingerprint density at radius 1 is 1.18 bits per heavy atom. The first kappa shape index (κ1) is 14.0. The van der Waals surface area contributed by atoms with Crippen molar-refractivity contribution in [1.82, 2.24) is 14.9 Å². The second-order valence-electron chi connectivity index (χ2n) is 6.13. The number of hydrogen-bond acceptors (Lipinski definition) is 5. The Bertz CT molecular complexity index is 616. The highest BCUT2D eigenvalue weighted by atomic mass is 32.2. The van der Waals surface area contributed by atoms with E-state index in [4.69, 9.17) is 4.74 Å². The molecule has 5 heteroatoms. The SMILES string of the molecule is c1cncc(CN2CC3(C[C@H](Oc4cccnc4)CS3)C2)c1. The van der Waals surface area contributed by atoms with Crippen LogP contribution in [0.1, 0.15) is 12.0 Å². The number of thioether (sulfide) groups is 1. The topological polar surface area (TPSA) is 38.2 Å². The third-order valence-corrected chi connectivity index (χ3v) is 5.84. The fourth-order valence-corrected chi connectivity index (χ4v) is 4.92. The van der Waals surface area contributed by atoms with Crippen molar-refractivity contribution in [2.24, 2.45) is 0 Å². The Kier molecular flexibility index (Phi) is 3.76. The lowest BCUT2D eigenvalue weighted by molar-refractivity contribution is 0.0919. The summed E-state index contributed by atoms with van der Waals surface area (Å²) in [5, 5.41) is 0. The zero-order valence-electron chi connectivity index (χ0n) is 12.4. The zero-order valence-corrected chi connectivity index (χ0v) is 13.2. The fraction of sp³-hybridized carbons (Fsp3) is 0.412. The molecule has 4 heterocycles. The molecule has 0 amide bonds. The van der Waals surface area contributed by atoms with E-state index in [2.05, 4.69) is 32.7 Å². The molecular formula is C17H19N3OS. The Morgan fingerprint density at radius 2 is 2.00 bits per heavy atom. The second-order valence-corrected chi connectivity index (χ2v) is 7.62. The minimum atomic E-state index is 0.315. The number of aromatic nitrogens is 2. The first-order valence-corrected chi connectivity index (χ1v) is 8.62. The van der Waals surface area contributed by atoms with Gasteiger partial charge in [0.05, 0.1) is 6.20 Å². The highest BCUT2D eigenvalue weighted by molar-refractivity contribution is 8.01. The molecule has 114 valence electrons. The predicted octanol–water partition coefficient (Wildman–Crippen LogP) is 2.62. The molecule has 4 rings (SSSR count). The number of ether oxygens (including phenoxy) is 1. The summed E-state index contributed by atoms with van der Waals surface area (Å²) >= 11 is 2.07. The Morgan fingerprint density at radius 3 is 2.73 bits per heavy atom. The third kappa shape index (κ3) is 2.96. The van der Waals surface area contributed by atoms with Crippen LogP contribution in [-0.4, -0.2) is 44.6 Å². The molecule has 2 aliphatic heterocycles. The van der Waals surface area contributed by atoms with Gasteiger partial charge in [-0.05, 0) is 23.8 Å². The molecule has 1 spiro atoms. The van der Waals surface area contributed by atoms with E-state index in [1.54, 1.807) is 12.4 Å². The molecule has 0 unspecified atom stereocenters. The molecule has 0 aliphatic carbocycles. The summed E-state index contributed by atoms with van der Waals surface area (Å²) in [6, 6.07) is 8.06. The fourth-order valence-electron chi connectivity index (χ4n) is 3.34. The second kappa shape index (κ2) is 5.89. The van der Waals surface area contributed by atoms with E-state index < -0.39 is 0 Å². The molecule has 0 radical (unpaired) electrons. The van der Waals surface area contributed by atoms with E-state index in [1.807, 2.05) is 30.6 Å². The van der Waals surface area contributed by atoms with Crippen LogP contribution in [0, 0.1) is 0 Å². The van der Waals surface area contributed by atoms with Crippen molar-refractivity contribution in [3.05, 3.63) is 54.6 Å². The van der Waals surface area contributed by atoms with Crippen LogP contribution in [0.15, 0.2) is 49.1 Å². The van der Waals surface area contributed by atoms with Crippen LogP contribution >= 0.6 is 11.8 Å². The average molecular weight is 313 g/mol. The van der Waals surface area contributed by atoms with Gasteiger partial charge in [-0.3, -0.25) is 14.9 Å². The highest BCUT2D eigenvalue weighted by Gasteiger charge is 2.49. The summed E-state index contributed by atoms with van der Waals surface area (Å²) in [6.45, 7) is 3.31. The van der Waals surface area contributed by atoms with E-state index in [0.29, 0.717) is 10.9 Å². The molecule has 0 N–H and O–H groups in total. The van der Waals surface area contributed by atoms with E-state index >= 15 is 0 Å². The number of rotatable bonds is 4. The Balaban J connectivity index is 1.29. The lowest BCUT2D eigenvalue weighted by Gasteiger charge is -2.47. The van der Waals surface area contributed by atoms with Crippen LogP contribution in [0.4, 0.5) is 0 Å². The van der Waals surface area contributed by atoms with Crippen LogP contribution < -0.4 is 4.74 Å². The van der Waals surface area contributed by atoms with Gasteiger partial charge in [-0.2, -0.15) is 0 Å². The van der Waals surface area contributed by atoms with Gasteiger partial charge in [-0.1, -0.05) is 6.07 Å². The number of hydrogen-bond donors (Lipinski definition) is 0. The highest BCUT2D eigenvalue weighted by Crippen LogP contribution is 2.46. The van der Waals surface area contributed by atoms with Crippen LogP contribution in [-0.2, 0) is 6.54 Å². The van der Waals surface area contributed by atoms with Crippen molar-refractivity contribution in [3.63, 3.8) is 0 Å². The smallest absolute Gasteiger partial charge is 0.138 e. The largest absolute Gasteiger partial charge is 0.488 e. The Labute approximate surface area is 134 Å². The van der Waals surface area contributed by atoms with Crippen molar-refractivity contribution in [1.29, 1.82) is 0 Å². The third-order valence-electron chi connectivity index (χ3n) is 4.26. The molecule has 2 saturated heterocycles. The first-order chi connectivity index (χ1) is 10.8. The molecule has 0 saturated carbocycles. The Hall–Kier alpha value is -1.59. The summed E-state index contributed by atoms with van der Waals surface area (Å²) in [4.78, 5) is 10.8. The maximum Gasteiger partial charge on any atom is 0.138 e. The van der Waals surface area contributed by atoms with Gasteiger partial charge in [0.25, 0.3) is 0 Å². The van der Waals surface area contributed by atoms with Gasteiger partial charge in [0.15, 0.2) is 0 Å². The van der Waals surface area contributed by atoms with Gasteiger partial charge in [0, 0.05) is 55.1 Å². The quantitative estimate of drug-likeness (QED) is 0.867. The lowest BCUT2D eigenvalue weighted by atomic mass is 9.92. The summed E-state index contributed by atoms with van der Waals surface area (Å²) in [7, 11) is 0. The summed E-state index contributed by atoms with van der Waals surface area (Å²) in [6.07, 6.45) is 8.81. The van der Waals surface area contributed by atoms with Gasteiger partial charge >= 0.3 is 0 Å². The van der Waals surface area contributed by atoms with Crippen molar-refractivity contribution < 1.29 is 4.74 Å². The molecule has 2 aromatic rings. The van der Waals surface area contributed by atoms with Crippen molar-refractivity contribution in [3.8, 4) is 5.75 Å². The summed E-state index contributed by atoms with van der Waals surface area (Å²) in [5.41, 5.74) is 1.29. The van der Waals surface area contributed by atoms with Crippen LogP contribution in [0.3, 0.4) is 0 Å². The molecular weight excluding hydrogens is 294 g/mol. The van der Waals surface area contributed by atoms with Gasteiger partial charge in [0.1, 0.15) is 11.9 Å². The number of nitrogens with zero attached hydrogens (tertiary/aromatic N) is 3. The van der Waals surface area contributed by atoms with Crippen LogP contribution in [0.5, 0.6) is 5.75 Å². The normalized spacial score (nSPS) is 23.4. The van der Waals surface area contributed by atoms with Crippen molar-refractivity contribution >= 4 is 11.8 Å². The molecule has 1 atom stereocenters. The molecule has 0 aromatic carbocycles. The molecule has 4 nitrogen and oxygen atoms in total. The predicted molar refractivity (Wildman–Crippen MR) is 88.0 cm³/mol. The van der Waals surface area contributed by atoms with Gasteiger partial charge < -0.3 is 4.74 Å². The minimum Gasteiger partial charge on any atom is -0.488 e. The van der Waals surface area contributed by atoms with Crippen LogP contribution in [0.25, 0.3) is 0 Å². The zero-order chi connectivity index (χ0) is 14.8.